The highest BCUT2D eigenvalue weighted by Crippen LogP contribution is 2.47. The quantitative estimate of drug-likeness (QED) is 0.0529. The number of halogens is 2. The number of carbonyl (C=O) groups excluding carboxylic acids is 2. The van der Waals surface area contributed by atoms with E-state index >= 15 is 0 Å². The summed E-state index contributed by atoms with van der Waals surface area (Å²) in [6, 6.07) is 22.2. The number of carbonyl (C=O) groups is 5. The zero-order valence-corrected chi connectivity index (χ0v) is 38.0. The number of rotatable bonds is 11. The number of nitrogens with zero attached hydrogens (tertiary/aromatic N) is 2. The van der Waals surface area contributed by atoms with Crippen molar-refractivity contribution in [3.8, 4) is 62.5 Å². The molecule has 0 bridgehead atoms. The first-order valence-electron chi connectivity index (χ1n) is 20.8. The molecule has 4 aliphatic rings. The number of hydrogen-bond donors (Lipinski definition) is 6. The second-order valence-corrected chi connectivity index (χ2v) is 16.4. The summed E-state index contributed by atoms with van der Waals surface area (Å²) in [7, 11) is 3.73. The van der Waals surface area contributed by atoms with Crippen molar-refractivity contribution in [2.75, 3.05) is 32.1 Å². The maximum absolute atomic E-state index is 13.6. The number of fused-ring (bicyclic) bond motifs is 4. The topological polar surface area (TPSA) is 249 Å². The van der Waals surface area contributed by atoms with Gasteiger partial charge in [-0.2, -0.15) is 0 Å². The van der Waals surface area contributed by atoms with Crippen LogP contribution in [0.5, 0.6) is 5.75 Å². The molecule has 2 heterocycles. The van der Waals surface area contributed by atoms with Gasteiger partial charge in [0.1, 0.15) is 28.4 Å². The molecule has 2 aliphatic carbocycles. The fourth-order valence-corrected chi connectivity index (χ4v) is 8.61. The molecule has 0 saturated heterocycles. The lowest BCUT2D eigenvalue weighted by atomic mass is 9.88. The van der Waals surface area contributed by atoms with E-state index in [1.165, 1.54) is 48.5 Å². The Bertz CT molecular complexity index is 3640. The van der Waals surface area contributed by atoms with Crippen molar-refractivity contribution in [2.45, 2.75) is 13.5 Å². The number of benzene rings is 6. The molecule has 18 heteroatoms. The lowest BCUT2D eigenvalue weighted by Crippen LogP contribution is -2.27. The van der Waals surface area contributed by atoms with Crippen molar-refractivity contribution in [3.05, 3.63) is 144 Å². The minimum absolute atomic E-state index is 0.0469. The largest absolute Gasteiger partial charge is 0.508 e. The number of nitrogens with one attached hydrogen (secondary N) is 2. The van der Waals surface area contributed by atoms with E-state index in [0.29, 0.717) is 45.1 Å². The summed E-state index contributed by atoms with van der Waals surface area (Å²) < 4.78 is 12.4. The lowest BCUT2D eigenvalue weighted by molar-refractivity contribution is -0.115. The van der Waals surface area contributed by atoms with Gasteiger partial charge in [-0.15, -0.1) is 0 Å². The number of phenolic OH excluding ortho intramolecular Hbond substituents is 1. The van der Waals surface area contributed by atoms with Crippen molar-refractivity contribution in [2.24, 2.45) is 4.99 Å². The predicted octanol–water partition coefficient (Wildman–Crippen LogP) is 8.23. The number of aromatic carboxylic acids is 3. The standard InChI is InChI=1S/C51H36Cl2N4O12/c1-4-54-25-8-12-30-38(19-25)68-39-20-26(57(2)3)9-13-31(39)43(30)44-36(52)22-34(46(53)45(44)51(66)67)48(61)55-17-5-6-41(60)56-23-35-37(59)16-15-32-42(29-14-10-27(58)21-40(29)69-47(32)35)28-11-7-24(49(62)63)18-33(28)50(64)65/h7-16,18-22,58H,4,17,23H2,1-3H3,(H,55,61)(H,56,60)(H,62,63)(H,64,65)(H,66,67). The lowest BCUT2D eigenvalue weighted by Gasteiger charge is -2.21. The van der Waals surface area contributed by atoms with E-state index in [2.05, 4.69) is 27.5 Å². The van der Waals surface area contributed by atoms with Crippen LogP contribution >= 0.6 is 23.2 Å². The second kappa shape index (κ2) is 18.9. The zero-order valence-electron chi connectivity index (χ0n) is 36.5. The molecule has 0 aromatic heterocycles. The normalized spacial score (nSPS) is 11.4. The summed E-state index contributed by atoms with van der Waals surface area (Å²) in [5.41, 5.74) is 0.856. The first-order valence-corrected chi connectivity index (χ1v) is 21.5. The van der Waals surface area contributed by atoms with Gasteiger partial charge in [-0.05, 0) is 85.1 Å². The second-order valence-electron chi connectivity index (χ2n) is 15.6. The predicted molar refractivity (Wildman–Crippen MR) is 258 cm³/mol. The van der Waals surface area contributed by atoms with Gasteiger partial charge in [-0.3, -0.25) is 19.4 Å². The van der Waals surface area contributed by atoms with E-state index in [1.54, 1.807) is 30.3 Å². The van der Waals surface area contributed by atoms with E-state index < -0.39 is 58.8 Å². The molecule has 0 spiro atoms. The Hall–Kier alpha value is -8.65. The minimum atomic E-state index is -1.46. The summed E-state index contributed by atoms with van der Waals surface area (Å²) in [6.45, 7) is 1.56. The molecule has 2 aliphatic heterocycles. The van der Waals surface area contributed by atoms with Crippen LogP contribution in [0.1, 0.15) is 53.9 Å². The number of aromatic hydroxyl groups is 1. The van der Waals surface area contributed by atoms with Crippen molar-refractivity contribution < 1.29 is 53.2 Å². The molecule has 0 saturated carbocycles. The molecule has 2 amide bonds. The van der Waals surface area contributed by atoms with Crippen LogP contribution in [0, 0.1) is 11.8 Å². The Labute approximate surface area is 400 Å². The molecule has 4 aromatic carbocycles. The first-order chi connectivity index (χ1) is 33.0. The van der Waals surface area contributed by atoms with E-state index in [4.69, 9.17) is 32.0 Å². The van der Waals surface area contributed by atoms with Crippen LogP contribution in [-0.4, -0.2) is 77.3 Å². The van der Waals surface area contributed by atoms with Gasteiger partial charge in [-0.1, -0.05) is 35.2 Å². The molecule has 69 heavy (non-hydrogen) atoms. The minimum Gasteiger partial charge on any atom is -0.508 e. The van der Waals surface area contributed by atoms with Crippen LogP contribution in [0.25, 0.3) is 66.8 Å². The summed E-state index contributed by atoms with van der Waals surface area (Å²) in [5.74, 6) is -1.01. The van der Waals surface area contributed by atoms with Crippen LogP contribution in [0.3, 0.4) is 0 Å². The fraction of sp³-hybridized carbons (Fsp3) is 0.118. The highest BCUT2D eigenvalue weighted by Gasteiger charge is 2.30. The number of phenols is 1. The summed E-state index contributed by atoms with van der Waals surface area (Å²) in [4.78, 5) is 83.4. The van der Waals surface area contributed by atoms with Gasteiger partial charge in [0.25, 0.3) is 11.8 Å². The molecule has 16 nitrogen and oxygen atoms in total. The summed E-state index contributed by atoms with van der Waals surface area (Å²) in [6.07, 6.45) is 0. The molecule has 346 valence electrons. The van der Waals surface area contributed by atoms with Gasteiger partial charge in [-0.25, -0.2) is 14.4 Å². The van der Waals surface area contributed by atoms with E-state index in [9.17, 15) is 49.2 Å². The Balaban J connectivity index is 1.06. The molecule has 6 N–H and O–H groups in total. The van der Waals surface area contributed by atoms with Crippen molar-refractivity contribution in [3.63, 3.8) is 0 Å². The number of hydrogen-bond acceptors (Lipinski definition) is 11. The van der Waals surface area contributed by atoms with Gasteiger partial charge in [0.05, 0.1) is 56.3 Å². The summed E-state index contributed by atoms with van der Waals surface area (Å²) in [5, 5.41) is 46.6. The van der Waals surface area contributed by atoms with Gasteiger partial charge < -0.3 is 44.8 Å². The molecular formula is C51H36Cl2N4O12. The summed E-state index contributed by atoms with van der Waals surface area (Å²) >= 11 is 13.7. The molecule has 0 fully saturated rings. The number of carboxylic acid groups (broad SMARTS) is 3. The van der Waals surface area contributed by atoms with E-state index in [-0.39, 0.29) is 66.6 Å². The van der Waals surface area contributed by atoms with Crippen molar-refractivity contribution >= 4 is 80.6 Å². The Kier molecular flexibility index (Phi) is 12.8. The van der Waals surface area contributed by atoms with Crippen LogP contribution in [0.4, 0.5) is 5.69 Å². The third-order valence-electron chi connectivity index (χ3n) is 11.1. The first kappa shape index (κ1) is 46.9. The SMILES string of the molecule is CCN=c1ccc2c(-c3c(Cl)cc(C(=O)NCC#CC(=O)NCc4c5oc6cc(O)ccc6c(-c6ccc(C(=O)O)cc6C(=O)O)c-5ccc4=O)c(Cl)c3C(=O)O)c3ccc(N(C)C)cc3oc-2c1. The monoisotopic (exact) mass is 966 g/mol. The van der Waals surface area contributed by atoms with E-state index in [0.717, 1.165) is 11.8 Å². The Morgan fingerprint density at radius 3 is 2.14 bits per heavy atom. The van der Waals surface area contributed by atoms with Crippen LogP contribution in [0.2, 0.25) is 10.0 Å². The molecule has 0 atom stereocenters. The van der Waals surface area contributed by atoms with Crippen LogP contribution in [-0.2, 0) is 11.3 Å². The third-order valence-corrected chi connectivity index (χ3v) is 11.8. The fourth-order valence-electron chi connectivity index (χ4n) is 8.00. The third kappa shape index (κ3) is 8.99. The molecule has 0 radical (unpaired) electrons. The number of anilines is 1. The highest BCUT2D eigenvalue weighted by atomic mass is 35.5. The Morgan fingerprint density at radius 2 is 1.43 bits per heavy atom. The molecule has 8 rings (SSSR count). The Morgan fingerprint density at radius 1 is 0.725 bits per heavy atom. The number of carboxylic acids is 3. The number of amides is 2. The van der Waals surface area contributed by atoms with Crippen molar-refractivity contribution in [1.82, 2.24) is 10.6 Å². The van der Waals surface area contributed by atoms with E-state index in [1.807, 2.05) is 32.0 Å². The molecule has 0 unspecified atom stereocenters. The van der Waals surface area contributed by atoms with Crippen molar-refractivity contribution in [1.29, 1.82) is 0 Å². The van der Waals surface area contributed by atoms with Gasteiger partial charge in [0, 0.05) is 83.1 Å². The van der Waals surface area contributed by atoms with Gasteiger partial charge in [0.15, 0.2) is 5.43 Å². The zero-order chi connectivity index (χ0) is 49.4. The van der Waals surface area contributed by atoms with Gasteiger partial charge in [0.2, 0.25) is 0 Å². The highest BCUT2D eigenvalue weighted by molar-refractivity contribution is 6.41. The van der Waals surface area contributed by atoms with Crippen LogP contribution < -0.4 is 26.3 Å². The maximum Gasteiger partial charge on any atom is 0.337 e. The maximum atomic E-state index is 13.6. The average molecular weight is 968 g/mol. The smallest absolute Gasteiger partial charge is 0.337 e. The molecule has 4 aromatic rings. The van der Waals surface area contributed by atoms with Crippen LogP contribution in [0.15, 0.2) is 110 Å². The molecular weight excluding hydrogens is 931 g/mol. The van der Waals surface area contributed by atoms with Gasteiger partial charge >= 0.3 is 17.9 Å². The average Bonchev–Trinajstić information content (AvgIpc) is 3.31.